The molecule has 0 amide bonds. The van der Waals surface area contributed by atoms with Gasteiger partial charge in [-0.25, -0.2) is 18.8 Å². The number of carbonyl (C=O) groups is 1. The summed E-state index contributed by atoms with van der Waals surface area (Å²) in [6, 6.07) is 17.9. The van der Waals surface area contributed by atoms with Crippen LogP contribution in [0.25, 0.3) is 20.7 Å². The van der Waals surface area contributed by atoms with Crippen LogP contribution in [0.3, 0.4) is 0 Å². The van der Waals surface area contributed by atoms with Crippen LogP contribution in [0.2, 0.25) is 0 Å². The highest BCUT2D eigenvalue weighted by Crippen LogP contribution is 2.33. The second kappa shape index (κ2) is 18.7. The minimum Gasteiger partial charge on any atom is -1.00 e. The average Bonchev–Trinajstić information content (AvgIpc) is 3.22. The number of para-hydroxylation sites is 2. The highest BCUT2D eigenvalue weighted by molar-refractivity contribution is 6.33. The van der Waals surface area contributed by atoms with E-state index in [1.54, 1.807) is 48.5 Å². The number of imidazole rings is 1. The molecule has 242 valence electrons. The Balaban J connectivity index is 0. The molecule has 0 saturated carbocycles. The lowest BCUT2D eigenvalue weighted by Crippen LogP contribution is -3.00. The van der Waals surface area contributed by atoms with Crippen molar-refractivity contribution in [1.82, 2.24) is 4.57 Å². The number of nitrogens with zero attached hydrogens (tertiary/aromatic N) is 4. The lowest BCUT2D eigenvalue weighted by Gasteiger charge is -2.14. The van der Waals surface area contributed by atoms with E-state index in [2.05, 4.69) is 9.69 Å². The molecule has 1 aromatic heterocycles. The Labute approximate surface area is 252 Å². The molecule has 0 aliphatic rings. The summed E-state index contributed by atoms with van der Waals surface area (Å²) in [5.74, 6) is -0.649. The second-order valence-corrected chi connectivity index (χ2v) is 8.14. The van der Waals surface area contributed by atoms with E-state index in [0.29, 0.717) is 22.3 Å². The fraction of sp³-hybridized carbons (Fsp3) is 0.214. The zero-order valence-corrected chi connectivity index (χ0v) is 22.6. The predicted octanol–water partition coefficient (Wildman–Crippen LogP) is 5.42. The number of fused-ring (bicyclic) bond motifs is 1. The summed E-state index contributed by atoms with van der Waals surface area (Å²) in [5, 5.41) is 8.82. The summed E-state index contributed by atoms with van der Waals surface area (Å²) >= 11 is 0. The minimum atomic E-state index is -4.67. The van der Waals surface area contributed by atoms with Gasteiger partial charge in [0.25, 0.3) is 0 Å². The molecule has 0 radical (unpaired) electrons. The Kier molecular flexibility index (Phi) is 17.6. The van der Waals surface area contributed by atoms with Gasteiger partial charge in [0.1, 0.15) is 6.29 Å². The van der Waals surface area contributed by atoms with Crippen molar-refractivity contribution in [3.63, 3.8) is 0 Å². The van der Waals surface area contributed by atoms with Crippen LogP contribution in [-0.2, 0) is 20.3 Å². The fourth-order valence-electron chi connectivity index (χ4n) is 3.41. The van der Waals surface area contributed by atoms with Gasteiger partial charge in [0.2, 0.25) is 0 Å². The molecule has 4 aromatic rings. The van der Waals surface area contributed by atoms with E-state index in [-0.39, 0.29) is 23.4 Å². The van der Waals surface area contributed by atoms with Gasteiger partial charge in [0.15, 0.2) is 28.5 Å². The number of benzene rings is 3. The van der Waals surface area contributed by atoms with Crippen molar-refractivity contribution in [3.8, 4) is 0 Å². The Bertz CT molecular complexity index is 1520. The van der Waals surface area contributed by atoms with Crippen molar-refractivity contribution in [2.24, 2.45) is 14.1 Å². The van der Waals surface area contributed by atoms with Gasteiger partial charge in [0, 0.05) is 5.56 Å². The molecule has 0 aliphatic heterocycles. The summed E-state index contributed by atoms with van der Waals surface area (Å²) in [4.78, 5) is 16.3. The Morgan fingerprint density at radius 2 is 1.29 bits per heavy atom. The van der Waals surface area contributed by atoms with Crippen LogP contribution in [-0.4, -0.2) is 29.7 Å². The molecule has 0 bridgehead atoms. The number of aldehydes is 1. The smallest absolute Gasteiger partial charge is 0.762 e. The van der Waals surface area contributed by atoms with Gasteiger partial charge in [-0.15, -0.1) is 0 Å². The zero-order chi connectivity index (χ0) is 33.0. The number of carbonyl (C=O) groups excluding carboxylic acids is 1. The van der Waals surface area contributed by atoms with Crippen LogP contribution in [0.15, 0.2) is 72.8 Å². The molecule has 6 nitrogen and oxygen atoms in total. The second-order valence-electron chi connectivity index (χ2n) is 8.14. The lowest BCUT2D eigenvalue weighted by atomic mass is 10.1. The van der Waals surface area contributed by atoms with Crippen molar-refractivity contribution in [2.45, 2.75) is 25.9 Å². The molecule has 45 heavy (non-hydrogen) atoms. The maximum Gasteiger partial charge on any atom is 0.762 e. The predicted molar refractivity (Wildman–Crippen MR) is 147 cm³/mol. The Morgan fingerprint density at radius 3 is 1.64 bits per heavy atom. The standard InChI is InChI=1S/C10H10F3N2.C9H6F3NO.C8H5NO.CH4.BF3.FH/c1-14-7-5-3-4-6-8(7)15(2)9(14)10(11,12)13;1-13-7-4-2-6(3-5-7)8(14)9(10,11)12;1-9-8-4-2-7(6-10)3-5-8;;2-1(3)4;/h3-6H,1-2H3;2-5,8,14H;2-6H;1H4;;1H/q+1;;;;;/p-1. The van der Waals surface area contributed by atoms with Gasteiger partial charge in [-0.2, -0.15) is 26.3 Å². The van der Waals surface area contributed by atoms with E-state index in [9.17, 15) is 44.1 Å². The van der Waals surface area contributed by atoms with Crippen LogP contribution in [0.1, 0.15) is 35.3 Å². The molecular formula is C28H25BF10N4O2. The normalized spacial score (nSPS) is 10.7. The minimum absolute atomic E-state index is 0. The fourth-order valence-corrected chi connectivity index (χ4v) is 3.41. The SMILES string of the molecule is C.Cn1c(C(F)(F)F)[n+](C)c2ccccc21.FB(F)F.[C-]#[N+]c1ccc(C(O)C(F)(F)F)cc1.[C-]#[N+]c1ccc(C=O)cc1.[F-]. The number of aliphatic hydroxyl groups is 1. The lowest BCUT2D eigenvalue weighted by molar-refractivity contribution is -0.667. The zero-order valence-electron chi connectivity index (χ0n) is 22.6. The number of alkyl halides is 6. The molecule has 1 N–H and O–H groups in total. The highest BCUT2D eigenvalue weighted by Gasteiger charge is 2.45. The van der Waals surface area contributed by atoms with Crippen LogP contribution < -0.4 is 9.27 Å². The topological polar surface area (TPSA) is 54.8 Å². The first-order chi connectivity index (χ1) is 20.0. The molecule has 17 heteroatoms. The largest absolute Gasteiger partial charge is 1.00 e. The van der Waals surface area contributed by atoms with E-state index in [1.165, 1.54) is 26.2 Å². The van der Waals surface area contributed by atoms with E-state index >= 15 is 0 Å². The van der Waals surface area contributed by atoms with Gasteiger partial charge in [-0.05, 0) is 17.7 Å². The van der Waals surface area contributed by atoms with Crippen LogP contribution in [0.4, 0.5) is 50.7 Å². The van der Waals surface area contributed by atoms with Crippen molar-refractivity contribution < 1.29 is 58.5 Å². The third kappa shape index (κ3) is 13.1. The third-order valence-electron chi connectivity index (χ3n) is 5.30. The van der Waals surface area contributed by atoms with Crippen LogP contribution >= 0.6 is 0 Å². The third-order valence-corrected chi connectivity index (χ3v) is 5.30. The summed E-state index contributed by atoms with van der Waals surface area (Å²) in [7, 11) is -0.823. The molecular weight excluding hydrogens is 625 g/mol. The van der Waals surface area contributed by atoms with E-state index in [0.717, 1.165) is 27.6 Å². The van der Waals surface area contributed by atoms with Gasteiger partial charge in [0.05, 0.1) is 27.2 Å². The van der Waals surface area contributed by atoms with E-state index in [4.69, 9.17) is 18.3 Å². The number of hydrogen-bond acceptors (Lipinski definition) is 2. The first-order valence-electron chi connectivity index (χ1n) is 11.6. The van der Waals surface area contributed by atoms with Gasteiger partial charge < -0.3 is 9.81 Å². The number of aryl methyl sites for hydroxylation is 2. The van der Waals surface area contributed by atoms with E-state index < -0.39 is 31.8 Å². The molecule has 4 rings (SSSR count). The van der Waals surface area contributed by atoms with Crippen molar-refractivity contribution in [2.75, 3.05) is 0 Å². The number of halogens is 10. The van der Waals surface area contributed by atoms with Gasteiger partial charge in [-0.3, -0.25) is 17.7 Å². The summed E-state index contributed by atoms with van der Waals surface area (Å²) in [6.07, 6.45) is -10.7. The van der Waals surface area contributed by atoms with Crippen molar-refractivity contribution in [1.29, 1.82) is 0 Å². The summed E-state index contributed by atoms with van der Waals surface area (Å²) < 4.78 is 105. The number of aromatic nitrogens is 2. The molecule has 0 spiro atoms. The molecule has 0 aliphatic carbocycles. The molecule has 0 fully saturated rings. The average molecular weight is 650 g/mol. The monoisotopic (exact) mass is 650 g/mol. The molecule has 1 heterocycles. The maximum absolute atomic E-state index is 12.7. The maximum atomic E-state index is 12.7. The molecule has 1 atom stereocenters. The quantitative estimate of drug-likeness (QED) is 0.104. The first-order valence-corrected chi connectivity index (χ1v) is 11.6. The number of rotatable bonds is 2. The highest BCUT2D eigenvalue weighted by atomic mass is 19.4. The van der Waals surface area contributed by atoms with Gasteiger partial charge >= 0.3 is 25.7 Å². The summed E-state index contributed by atoms with van der Waals surface area (Å²) in [5.41, 5.74) is 2.30. The van der Waals surface area contributed by atoms with E-state index in [1.807, 2.05) is 0 Å². The molecule has 1 unspecified atom stereocenters. The molecule has 0 saturated heterocycles. The number of hydrogen-bond donors (Lipinski definition) is 1. The molecule has 3 aromatic carbocycles. The van der Waals surface area contributed by atoms with Crippen LogP contribution in [0, 0.1) is 13.1 Å². The van der Waals surface area contributed by atoms with Gasteiger partial charge in [-0.1, -0.05) is 68.1 Å². The first kappa shape index (κ1) is 42.2. The summed E-state index contributed by atoms with van der Waals surface area (Å²) in [6.45, 7) is 13.2. The Morgan fingerprint density at radius 1 is 0.867 bits per heavy atom. The van der Waals surface area contributed by atoms with Crippen molar-refractivity contribution >= 4 is 36.2 Å². The van der Waals surface area contributed by atoms with Crippen molar-refractivity contribution in [3.05, 3.63) is 113 Å². The Hall–Kier alpha value is -4.90. The number of aliphatic hydroxyl groups excluding tert-OH is 1. The van der Waals surface area contributed by atoms with Crippen LogP contribution in [0.5, 0.6) is 0 Å².